The van der Waals surface area contributed by atoms with Crippen LogP contribution in [-0.2, 0) is 0 Å². The van der Waals surface area contributed by atoms with Crippen molar-refractivity contribution in [2.75, 3.05) is 6.61 Å². The van der Waals surface area contributed by atoms with E-state index in [9.17, 15) is 0 Å². The van der Waals surface area contributed by atoms with Gasteiger partial charge in [0.2, 0.25) is 0 Å². The first-order valence-corrected chi connectivity index (χ1v) is 6.93. The second-order valence-corrected chi connectivity index (χ2v) is 5.43. The number of hydrogen-bond acceptors (Lipinski definition) is 1. The summed E-state index contributed by atoms with van der Waals surface area (Å²) in [6, 6.07) is 15.6. The Morgan fingerprint density at radius 3 is 2.56 bits per heavy atom. The molecule has 0 aliphatic heterocycles. The molecule has 92 valence electrons. The Morgan fingerprint density at radius 1 is 1.17 bits per heavy atom. The van der Waals surface area contributed by atoms with Crippen molar-refractivity contribution < 1.29 is 4.74 Å². The molecule has 2 aromatic rings. The molecule has 0 heterocycles. The van der Waals surface area contributed by atoms with E-state index in [2.05, 4.69) is 29.2 Å². The van der Waals surface area contributed by atoms with E-state index < -0.39 is 0 Å². The smallest absolute Gasteiger partial charge is 0.133 e. The van der Waals surface area contributed by atoms with Gasteiger partial charge in [-0.3, -0.25) is 0 Å². The zero-order valence-electron chi connectivity index (χ0n) is 9.70. The average molecular weight is 371 g/mol. The van der Waals surface area contributed by atoms with Gasteiger partial charge in [-0.15, -0.1) is 0 Å². The zero-order chi connectivity index (χ0) is 13.0. The molecule has 0 spiro atoms. The third-order valence-electron chi connectivity index (χ3n) is 2.48. The monoisotopic (exact) mass is 370 g/mol. The fraction of sp³-hybridized carbons (Fsp3) is 0.0667. The first kappa shape index (κ1) is 13.4. The highest BCUT2D eigenvalue weighted by Gasteiger charge is 2.04. The molecule has 0 bridgehead atoms. The quantitative estimate of drug-likeness (QED) is 0.685. The van der Waals surface area contributed by atoms with Crippen LogP contribution in [0.25, 0.3) is 5.57 Å². The van der Waals surface area contributed by atoms with E-state index in [1.54, 1.807) is 0 Å². The molecule has 0 radical (unpaired) electrons. The topological polar surface area (TPSA) is 9.23 Å². The molecule has 0 atom stereocenters. The summed E-state index contributed by atoms with van der Waals surface area (Å²) >= 11 is 8.11. The van der Waals surface area contributed by atoms with Crippen LogP contribution in [0.4, 0.5) is 0 Å². The summed E-state index contributed by atoms with van der Waals surface area (Å²) in [7, 11) is 0. The second kappa shape index (κ2) is 6.25. The molecule has 3 heteroatoms. The van der Waals surface area contributed by atoms with Crippen molar-refractivity contribution in [1.82, 2.24) is 0 Å². The van der Waals surface area contributed by atoms with E-state index in [0.29, 0.717) is 11.6 Å². The van der Waals surface area contributed by atoms with E-state index in [0.717, 1.165) is 20.5 Å². The van der Waals surface area contributed by atoms with Crippen molar-refractivity contribution in [3.63, 3.8) is 0 Å². The van der Waals surface area contributed by atoms with Gasteiger partial charge in [-0.1, -0.05) is 48.5 Å². The lowest BCUT2D eigenvalue weighted by molar-refractivity contribution is 0.367. The van der Waals surface area contributed by atoms with Crippen LogP contribution in [0.15, 0.2) is 55.1 Å². The lowest BCUT2D eigenvalue weighted by atomic mass is 10.1. The maximum absolute atomic E-state index is 5.90. The third kappa shape index (κ3) is 3.50. The summed E-state index contributed by atoms with van der Waals surface area (Å²) in [6.45, 7) is 4.51. The van der Waals surface area contributed by atoms with Gasteiger partial charge in [0.25, 0.3) is 0 Å². The molecule has 0 aliphatic rings. The third-order valence-corrected chi connectivity index (χ3v) is 3.56. The predicted octanol–water partition coefficient (Wildman–Crippen LogP) is 5.04. The normalized spacial score (nSPS) is 10.1. The van der Waals surface area contributed by atoms with Gasteiger partial charge < -0.3 is 4.74 Å². The van der Waals surface area contributed by atoms with Crippen molar-refractivity contribution in [3.8, 4) is 5.75 Å². The highest BCUT2D eigenvalue weighted by Crippen LogP contribution is 2.25. The molecule has 2 aromatic carbocycles. The molecule has 0 aromatic heterocycles. The molecule has 0 amide bonds. The maximum Gasteiger partial charge on any atom is 0.133 e. The number of hydrogen-bond donors (Lipinski definition) is 0. The van der Waals surface area contributed by atoms with E-state index in [4.69, 9.17) is 16.3 Å². The Hall–Kier alpha value is -1.00. The Labute approximate surface area is 126 Å². The molecule has 0 unspecified atom stereocenters. The Balaban J connectivity index is 2.02. The molecule has 0 fully saturated rings. The average Bonchev–Trinajstić information content (AvgIpc) is 2.38. The minimum absolute atomic E-state index is 0.474. The van der Waals surface area contributed by atoms with Crippen molar-refractivity contribution in [1.29, 1.82) is 0 Å². The van der Waals surface area contributed by atoms with Gasteiger partial charge in [0.15, 0.2) is 0 Å². The summed E-state index contributed by atoms with van der Waals surface area (Å²) in [5.74, 6) is 0.831. The molecular weight excluding hydrogens is 359 g/mol. The summed E-state index contributed by atoms with van der Waals surface area (Å²) < 4.78 is 6.74. The summed E-state index contributed by atoms with van der Waals surface area (Å²) in [4.78, 5) is 0. The van der Waals surface area contributed by atoms with Crippen molar-refractivity contribution in [2.24, 2.45) is 0 Å². The van der Waals surface area contributed by atoms with Gasteiger partial charge in [-0.05, 0) is 51.9 Å². The Morgan fingerprint density at radius 2 is 1.89 bits per heavy atom. The molecular formula is C15H12ClIO. The summed E-state index contributed by atoms with van der Waals surface area (Å²) in [5.41, 5.74) is 2.06. The number of rotatable bonds is 4. The van der Waals surface area contributed by atoms with Crippen LogP contribution in [0, 0.1) is 3.57 Å². The Bertz CT molecular complexity index is 552. The molecule has 0 aliphatic carbocycles. The Kier molecular flexibility index (Phi) is 4.66. The fourth-order valence-corrected chi connectivity index (χ4v) is 2.54. The van der Waals surface area contributed by atoms with Crippen LogP contribution in [-0.4, -0.2) is 6.61 Å². The van der Waals surface area contributed by atoms with Crippen LogP contribution in [0.2, 0.25) is 5.02 Å². The van der Waals surface area contributed by atoms with E-state index in [-0.39, 0.29) is 0 Å². The van der Waals surface area contributed by atoms with Gasteiger partial charge in [0, 0.05) is 5.02 Å². The van der Waals surface area contributed by atoms with Gasteiger partial charge in [0.1, 0.15) is 12.4 Å². The van der Waals surface area contributed by atoms with Crippen molar-refractivity contribution in [2.45, 2.75) is 0 Å². The molecule has 0 saturated carbocycles. The van der Waals surface area contributed by atoms with Crippen molar-refractivity contribution >= 4 is 39.8 Å². The summed E-state index contributed by atoms with van der Waals surface area (Å²) in [6.07, 6.45) is 0. The van der Waals surface area contributed by atoms with Crippen LogP contribution >= 0.6 is 34.2 Å². The maximum atomic E-state index is 5.90. The van der Waals surface area contributed by atoms with Gasteiger partial charge in [-0.25, -0.2) is 0 Å². The van der Waals surface area contributed by atoms with Gasteiger partial charge in [0.05, 0.1) is 3.57 Å². The van der Waals surface area contributed by atoms with Crippen LogP contribution < -0.4 is 4.74 Å². The largest absolute Gasteiger partial charge is 0.488 e. The minimum atomic E-state index is 0.474. The molecule has 1 nitrogen and oxygen atoms in total. The van der Waals surface area contributed by atoms with E-state index >= 15 is 0 Å². The van der Waals surface area contributed by atoms with Crippen LogP contribution in [0.1, 0.15) is 5.56 Å². The second-order valence-electron chi connectivity index (χ2n) is 3.83. The lowest BCUT2D eigenvalue weighted by Crippen LogP contribution is -2.00. The van der Waals surface area contributed by atoms with Gasteiger partial charge in [-0.2, -0.15) is 0 Å². The molecule has 2 rings (SSSR count). The van der Waals surface area contributed by atoms with E-state index in [1.165, 1.54) is 0 Å². The lowest BCUT2D eigenvalue weighted by Gasteiger charge is -2.10. The van der Waals surface area contributed by atoms with Gasteiger partial charge >= 0.3 is 0 Å². The minimum Gasteiger partial charge on any atom is -0.488 e. The standard InChI is InChI=1S/C15H12ClIO/c1-11(12-5-3-2-4-6-12)10-18-15-8-7-13(16)9-14(15)17/h2-9H,1,10H2. The van der Waals surface area contributed by atoms with E-state index in [1.807, 2.05) is 48.5 Å². The highest BCUT2D eigenvalue weighted by atomic mass is 127. The van der Waals surface area contributed by atoms with Crippen LogP contribution in [0.5, 0.6) is 5.75 Å². The first-order valence-electron chi connectivity index (χ1n) is 5.48. The van der Waals surface area contributed by atoms with Crippen molar-refractivity contribution in [3.05, 3.63) is 69.3 Å². The molecule has 0 N–H and O–H groups in total. The highest BCUT2D eigenvalue weighted by molar-refractivity contribution is 14.1. The van der Waals surface area contributed by atoms with Crippen LogP contribution in [0.3, 0.4) is 0 Å². The number of benzene rings is 2. The first-order chi connectivity index (χ1) is 8.66. The SMILES string of the molecule is C=C(COc1ccc(Cl)cc1I)c1ccccc1. The number of halogens is 2. The number of ether oxygens (including phenoxy) is 1. The molecule has 18 heavy (non-hydrogen) atoms. The molecule has 0 saturated heterocycles. The summed E-state index contributed by atoms with van der Waals surface area (Å²) in [5, 5.41) is 0.716. The zero-order valence-corrected chi connectivity index (χ0v) is 12.6. The predicted molar refractivity (Wildman–Crippen MR) is 85.1 cm³/mol. The fourth-order valence-electron chi connectivity index (χ4n) is 1.51.